The fourth-order valence-electron chi connectivity index (χ4n) is 1.39. The van der Waals surface area contributed by atoms with Crippen molar-refractivity contribution in [2.75, 3.05) is 7.11 Å². The first-order chi connectivity index (χ1) is 11.5. The molecule has 1 N–H and O–H groups in total. The van der Waals surface area contributed by atoms with Crippen LogP contribution in [0.15, 0.2) is 42.5 Å². The van der Waals surface area contributed by atoms with Crippen LogP contribution in [0.25, 0.3) is 0 Å². The van der Waals surface area contributed by atoms with Gasteiger partial charge in [0.2, 0.25) is 0 Å². The molecule has 0 unspecified atom stereocenters. The third-order valence-corrected chi connectivity index (χ3v) is 2.63. The van der Waals surface area contributed by atoms with Crippen LogP contribution in [0.1, 0.15) is 52.7 Å². The van der Waals surface area contributed by atoms with Gasteiger partial charge in [0, 0.05) is 5.02 Å². The van der Waals surface area contributed by atoms with Gasteiger partial charge < -0.3 is 9.84 Å². The van der Waals surface area contributed by atoms with E-state index in [4.69, 9.17) is 21.4 Å². The molecule has 0 radical (unpaired) electrons. The quantitative estimate of drug-likeness (QED) is 0.576. The molecule has 2 aromatic rings. The Balaban J connectivity index is -0.000000284. The summed E-state index contributed by atoms with van der Waals surface area (Å²) in [6, 6.07) is 12.6. The fourth-order valence-corrected chi connectivity index (χ4v) is 1.61. The van der Waals surface area contributed by atoms with Crippen molar-refractivity contribution in [3.8, 4) is 11.5 Å². The van der Waals surface area contributed by atoms with E-state index in [-0.39, 0.29) is 0 Å². The van der Waals surface area contributed by atoms with Gasteiger partial charge in [-0.2, -0.15) is 0 Å². The van der Waals surface area contributed by atoms with Crippen molar-refractivity contribution in [3.63, 3.8) is 0 Å². The Morgan fingerprint density at radius 2 is 1.25 bits per heavy atom. The SMILES string of the molecule is CC.CC.CC.COc1ccc(Cl)cc1C.Cc1ccc(O)cc1. The van der Waals surface area contributed by atoms with Crippen molar-refractivity contribution in [1.82, 2.24) is 0 Å². The zero-order chi connectivity index (χ0) is 19.5. The first-order valence-corrected chi connectivity index (χ1v) is 8.96. The highest BCUT2D eigenvalue weighted by Crippen LogP contribution is 2.20. The van der Waals surface area contributed by atoms with E-state index in [9.17, 15) is 0 Å². The van der Waals surface area contributed by atoms with Crippen molar-refractivity contribution < 1.29 is 9.84 Å². The molecule has 0 heterocycles. The van der Waals surface area contributed by atoms with Crippen LogP contribution in [-0.4, -0.2) is 12.2 Å². The van der Waals surface area contributed by atoms with Crippen LogP contribution in [0.3, 0.4) is 0 Å². The number of methoxy groups -OCH3 is 1. The first-order valence-electron chi connectivity index (χ1n) is 8.58. The molecule has 2 aromatic carbocycles. The molecule has 0 saturated carbocycles. The number of benzene rings is 2. The van der Waals surface area contributed by atoms with Gasteiger partial charge in [0.25, 0.3) is 0 Å². The number of rotatable bonds is 1. The summed E-state index contributed by atoms with van der Waals surface area (Å²) in [5, 5.41) is 9.51. The summed E-state index contributed by atoms with van der Waals surface area (Å²) in [7, 11) is 1.65. The molecular formula is C21H35ClO2. The Morgan fingerprint density at radius 3 is 1.58 bits per heavy atom. The van der Waals surface area contributed by atoms with E-state index in [1.807, 2.05) is 85.7 Å². The maximum Gasteiger partial charge on any atom is 0.121 e. The predicted molar refractivity (Wildman–Crippen MR) is 110 cm³/mol. The van der Waals surface area contributed by atoms with Crippen molar-refractivity contribution in [2.24, 2.45) is 0 Å². The topological polar surface area (TPSA) is 29.5 Å². The Bertz CT molecular complexity index is 473. The maximum absolute atomic E-state index is 8.76. The molecule has 2 nitrogen and oxygen atoms in total. The average molecular weight is 355 g/mol. The van der Waals surface area contributed by atoms with E-state index in [1.165, 1.54) is 5.56 Å². The molecule has 0 bridgehead atoms. The van der Waals surface area contributed by atoms with E-state index < -0.39 is 0 Å². The third-order valence-electron chi connectivity index (χ3n) is 2.39. The van der Waals surface area contributed by atoms with Gasteiger partial charge >= 0.3 is 0 Å². The summed E-state index contributed by atoms with van der Waals surface area (Å²) in [5.41, 5.74) is 2.23. The molecule has 0 aliphatic heterocycles. The molecule has 2 rings (SSSR count). The Hall–Kier alpha value is -1.67. The molecule has 0 aliphatic rings. The van der Waals surface area contributed by atoms with Gasteiger partial charge in [-0.05, 0) is 49.7 Å². The lowest BCUT2D eigenvalue weighted by atomic mass is 10.2. The molecule has 0 saturated heterocycles. The molecule has 0 aromatic heterocycles. The summed E-state index contributed by atoms with van der Waals surface area (Å²) < 4.78 is 5.04. The van der Waals surface area contributed by atoms with Crippen molar-refractivity contribution in [2.45, 2.75) is 55.4 Å². The van der Waals surface area contributed by atoms with Crippen LogP contribution in [0.2, 0.25) is 5.02 Å². The van der Waals surface area contributed by atoms with Gasteiger partial charge in [0.1, 0.15) is 11.5 Å². The van der Waals surface area contributed by atoms with Gasteiger partial charge in [-0.1, -0.05) is 70.8 Å². The number of halogens is 1. The second kappa shape index (κ2) is 19.4. The number of hydrogen-bond donors (Lipinski definition) is 1. The van der Waals surface area contributed by atoms with Gasteiger partial charge in [0.15, 0.2) is 0 Å². The van der Waals surface area contributed by atoms with Gasteiger partial charge in [0.05, 0.1) is 7.11 Å². The Labute approximate surface area is 154 Å². The highest BCUT2D eigenvalue weighted by molar-refractivity contribution is 6.30. The van der Waals surface area contributed by atoms with Gasteiger partial charge in [-0.15, -0.1) is 0 Å². The lowest BCUT2D eigenvalue weighted by molar-refractivity contribution is 0.411. The average Bonchev–Trinajstić information content (AvgIpc) is 2.63. The summed E-state index contributed by atoms with van der Waals surface area (Å²) in [6.07, 6.45) is 0. The normalized spacial score (nSPS) is 7.75. The Morgan fingerprint density at radius 1 is 0.792 bits per heavy atom. The number of ether oxygens (including phenoxy) is 1. The highest BCUT2D eigenvalue weighted by atomic mass is 35.5. The lowest BCUT2D eigenvalue weighted by Crippen LogP contribution is -1.85. The maximum atomic E-state index is 8.76. The van der Waals surface area contributed by atoms with Crippen LogP contribution in [-0.2, 0) is 0 Å². The van der Waals surface area contributed by atoms with Crippen LogP contribution in [0.4, 0.5) is 0 Å². The molecule has 0 atom stereocenters. The molecule has 0 amide bonds. The largest absolute Gasteiger partial charge is 0.508 e. The third kappa shape index (κ3) is 14.0. The minimum absolute atomic E-state index is 0.329. The molecule has 0 spiro atoms. The number of hydrogen-bond acceptors (Lipinski definition) is 2. The van der Waals surface area contributed by atoms with E-state index >= 15 is 0 Å². The van der Waals surface area contributed by atoms with E-state index in [1.54, 1.807) is 19.2 Å². The molecule has 0 fully saturated rings. The molecule has 24 heavy (non-hydrogen) atoms. The molecule has 3 heteroatoms. The highest BCUT2D eigenvalue weighted by Gasteiger charge is 1.95. The minimum atomic E-state index is 0.329. The second-order valence-corrected chi connectivity index (χ2v) is 4.39. The lowest BCUT2D eigenvalue weighted by Gasteiger charge is -2.02. The second-order valence-electron chi connectivity index (χ2n) is 3.95. The smallest absolute Gasteiger partial charge is 0.121 e. The first kappa shape index (κ1) is 27.2. The number of phenolic OH excluding ortho intramolecular Hbond substituents is 1. The summed E-state index contributed by atoms with van der Waals surface area (Å²) in [6.45, 7) is 15.9. The summed E-state index contributed by atoms with van der Waals surface area (Å²) in [4.78, 5) is 0. The zero-order valence-electron chi connectivity index (χ0n) is 16.8. The van der Waals surface area contributed by atoms with Crippen LogP contribution >= 0.6 is 11.6 Å². The summed E-state index contributed by atoms with van der Waals surface area (Å²) >= 11 is 5.72. The van der Waals surface area contributed by atoms with Crippen molar-refractivity contribution >= 4 is 11.6 Å². The van der Waals surface area contributed by atoms with E-state index in [2.05, 4.69) is 0 Å². The van der Waals surface area contributed by atoms with Crippen LogP contribution < -0.4 is 4.74 Å². The minimum Gasteiger partial charge on any atom is -0.508 e. The Kier molecular flexibility index (Phi) is 22.0. The molecule has 0 aliphatic carbocycles. The monoisotopic (exact) mass is 354 g/mol. The van der Waals surface area contributed by atoms with E-state index in [0.717, 1.165) is 16.3 Å². The number of phenols is 1. The molecular weight excluding hydrogens is 320 g/mol. The predicted octanol–water partition coefficient (Wildman–Crippen LogP) is 7.44. The van der Waals surface area contributed by atoms with Crippen molar-refractivity contribution in [3.05, 3.63) is 58.6 Å². The van der Waals surface area contributed by atoms with Crippen LogP contribution in [0, 0.1) is 13.8 Å². The standard InChI is InChI=1S/C8H9ClO.C7H8O.3C2H6/c1-6-5-7(9)3-4-8(6)10-2;1-6-2-4-7(8)5-3-6;3*1-2/h3-5H,1-2H3;2-5,8H,1H3;3*1-2H3. The molecule has 138 valence electrons. The number of aryl methyl sites for hydroxylation is 2. The fraction of sp³-hybridized carbons (Fsp3) is 0.429. The number of aromatic hydroxyl groups is 1. The van der Waals surface area contributed by atoms with Gasteiger partial charge in [-0.25, -0.2) is 0 Å². The van der Waals surface area contributed by atoms with Crippen LogP contribution in [0.5, 0.6) is 11.5 Å². The van der Waals surface area contributed by atoms with Crippen molar-refractivity contribution in [1.29, 1.82) is 0 Å². The zero-order valence-corrected chi connectivity index (χ0v) is 17.5. The van der Waals surface area contributed by atoms with E-state index in [0.29, 0.717) is 5.75 Å². The summed E-state index contributed by atoms with van der Waals surface area (Å²) in [5.74, 6) is 1.21. The van der Waals surface area contributed by atoms with Gasteiger partial charge in [-0.3, -0.25) is 0 Å².